The second-order valence-corrected chi connectivity index (χ2v) is 6.09. The van der Waals surface area contributed by atoms with E-state index in [4.69, 9.17) is 18.0 Å². The molecule has 4 N–H and O–H groups in total. The average molecular weight is 327 g/mol. The number of hydrogen-bond acceptors (Lipinski definition) is 2. The van der Waals surface area contributed by atoms with Gasteiger partial charge in [0.15, 0.2) is 5.11 Å². The topological polar surface area (TPSA) is 50.1 Å². The number of anilines is 2. The Bertz CT molecular complexity index is 599. The van der Waals surface area contributed by atoms with E-state index in [9.17, 15) is 0 Å². The van der Waals surface area contributed by atoms with Gasteiger partial charge in [0.2, 0.25) is 0 Å². The monoisotopic (exact) mass is 327 g/mol. The van der Waals surface area contributed by atoms with E-state index in [0.717, 1.165) is 17.9 Å². The number of hydrogen-bond donors (Lipinski definition) is 3. The standard InChI is InChI=1S/C19H25N3S/c20-19(23)22-18-13-8-12-17(15-18)21-14-7-2-1-4-9-16-10-5-3-6-11-16/h3,5-6,8,10-13,15,21H,1-2,4,7,9,14H2,(H3,20,22,23). The summed E-state index contributed by atoms with van der Waals surface area (Å²) < 4.78 is 0. The van der Waals surface area contributed by atoms with Crippen molar-refractivity contribution in [3.05, 3.63) is 60.2 Å². The van der Waals surface area contributed by atoms with E-state index in [1.54, 1.807) is 0 Å². The smallest absolute Gasteiger partial charge is 0.168 e. The van der Waals surface area contributed by atoms with Gasteiger partial charge in [-0.3, -0.25) is 0 Å². The molecule has 0 aliphatic heterocycles. The molecule has 2 aromatic carbocycles. The molecule has 0 saturated carbocycles. The lowest BCUT2D eigenvalue weighted by molar-refractivity contribution is 0.654. The first-order chi connectivity index (χ1) is 11.2. The Kier molecular flexibility index (Phi) is 7.40. The zero-order valence-electron chi connectivity index (χ0n) is 13.4. The van der Waals surface area contributed by atoms with Crippen LogP contribution in [0.5, 0.6) is 0 Å². The molecule has 0 aromatic heterocycles. The lowest BCUT2D eigenvalue weighted by atomic mass is 10.1. The molecule has 0 aliphatic rings. The van der Waals surface area contributed by atoms with Crippen LogP contribution in [0.3, 0.4) is 0 Å². The minimum atomic E-state index is 0.292. The van der Waals surface area contributed by atoms with Crippen LogP contribution in [-0.4, -0.2) is 11.7 Å². The maximum Gasteiger partial charge on any atom is 0.168 e. The highest BCUT2D eigenvalue weighted by atomic mass is 32.1. The SMILES string of the molecule is NC(=S)Nc1cccc(NCCCCCCc2ccccc2)c1. The molecule has 0 bridgehead atoms. The molecule has 0 radical (unpaired) electrons. The van der Waals surface area contributed by atoms with Crippen LogP contribution in [0.2, 0.25) is 0 Å². The molecular formula is C19H25N3S. The first-order valence-electron chi connectivity index (χ1n) is 8.18. The second kappa shape index (κ2) is 9.85. The van der Waals surface area contributed by atoms with Crippen LogP contribution in [0.1, 0.15) is 31.2 Å². The molecule has 0 fully saturated rings. The van der Waals surface area contributed by atoms with Gasteiger partial charge < -0.3 is 16.4 Å². The van der Waals surface area contributed by atoms with Crippen molar-refractivity contribution in [2.24, 2.45) is 5.73 Å². The van der Waals surface area contributed by atoms with E-state index in [1.165, 1.54) is 37.7 Å². The van der Waals surface area contributed by atoms with Crippen molar-refractivity contribution in [1.29, 1.82) is 0 Å². The number of aryl methyl sites for hydroxylation is 1. The quantitative estimate of drug-likeness (QED) is 0.467. The highest BCUT2D eigenvalue weighted by Gasteiger charge is 1.97. The Morgan fingerprint density at radius 2 is 1.61 bits per heavy atom. The van der Waals surface area contributed by atoms with E-state index < -0.39 is 0 Å². The minimum absolute atomic E-state index is 0.292. The summed E-state index contributed by atoms with van der Waals surface area (Å²) in [6.07, 6.45) is 6.16. The molecule has 4 heteroatoms. The summed E-state index contributed by atoms with van der Waals surface area (Å²) in [5.41, 5.74) is 8.94. The third-order valence-corrected chi connectivity index (χ3v) is 3.80. The summed E-state index contributed by atoms with van der Waals surface area (Å²) in [5.74, 6) is 0. The van der Waals surface area contributed by atoms with Crippen LogP contribution in [0.15, 0.2) is 54.6 Å². The summed E-state index contributed by atoms with van der Waals surface area (Å²) in [6, 6.07) is 18.7. The van der Waals surface area contributed by atoms with Crippen molar-refractivity contribution in [3.8, 4) is 0 Å². The molecular weight excluding hydrogens is 302 g/mol. The van der Waals surface area contributed by atoms with Gasteiger partial charge in [-0.25, -0.2) is 0 Å². The van der Waals surface area contributed by atoms with Gasteiger partial charge in [0.05, 0.1) is 0 Å². The highest BCUT2D eigenvalue weighted by Crippen LogP contribution is 2.15. The van der Waals surface area contributed by atoms with Gasteiger partial charge in [-0.1, -0.05) is 49.2 Å². The van der Waals surface area contributed by atoms with Gasteiger partial charge in [-0.15, -0.1) is 0 Å². The van der Waals surface area contributed by atoms with Gasteiger partial charge in [-0.2, -0.15) is 0 Å². The lowest BCUT2D eigenvalue weighted by Crippen LogP contribution is -2.18. The second-order valence-electron chi connectivity index (χ2n) is 5.65. The average Bonchev–Trinajstić information content (AvgIpc) is 2.55. The highest BCUT2D eigenvalue weighted by molar-refractivity contribution is 7.80. The summed E-state index contributed by atoms with van der Waals surface area (Å²) in [7, 11) is 0. The fourth-order valence-corrected chi connectivity index (χ4v) is 2.65. The van der Waals surface area contributed by atoms with Gasteiger partial charge in [0.25, 0.3) is 0 Å². The Morgan fingerprint density at radius 1 is 0.870 bits per heavy atom. The van der Waals surface area contributed by atoms with Gasteiger partial charge >= 0.3 is 0 Å². The van der Waals surface area contributed by atoms with Crippen molar-refractivity contribution in [2.45, 2.75) is 32.1 Å². The van der Waals surface area contributed by atoms with E-state index in [0.29, 0.717) is 5.11 Å². The normalized spacial score (nSPS) is 10.3. The van der Waals surface area contributed by atoms with Crippen molar-refractivity contribution in [3.63, 3.8) is 0 Å². The van der Waals surface area contributed by atoms with Crippen molar-refractivity contribution < 1.29 is 0 Å². The predicted molar refractivity (Wildman–Crippen MR) is 104 cm³/mol. The van der Waals surface area contributed by atoms with E-state index in [2.05, 4.69) is 47.0 Å². The molecule has 0 saturated heterocycles. The summed E-state index contributed by atoms with van der Waals surface area (Å²) in [4.78, 5) is 0. The van der Waals surface area contributed by atoms with E-state index >= 15 is 0 Å². The van der Waals surface area contributed by atoms with Crippen molar-refractivity contribution in [1.82, 2.24) is 0 Å². The largest absolute Gasteiger partial charge is 0.385 e. The molecule has 2 rings (SSSR count). The van der Waals surface area contributed by atoms with Gasteiger partial charge in [0.1, 0.15) is 0 Å². The van der Waals surface area contributed by atoms with E-state index in [1.807, 2.05) is 18.2 Å². The number of nitrogens with one attached hydrogen (secondary N) is 2. The van der Waals surface area contributed by atoms with Crippen LogP contribution >= 0.6 is 12.2 Å². The maximum absolute atomic E-state index is 5.48. The number of rotatable bonds is 9. The zero-order chi connectivity index (χ0) is 16.3. The third-order valence-electron chi connectivity index (χ3n) is 3.69. The summed E-state index contributed by atoms with van der Waals surface area (Å²) >= 11 is 4.85. The molecule has 0 unspecified atom stereocenters. The first-order valence-corrected chi connectivity index (χ1v) is 8.59. The molecule has 0 aliphatic carbocycles. The van der Waals surface area contributed by atoms with Crippen LogP contribution in [0.4, 0.5) is 11.4 Å². The summed E-state index contributed by atoms with van der Waals surface area (Å²) in [5, 5.41) is 6.68. The van der Waals surface area contributed by atoms with Gasteiger partial charge in [-0.05, 0) is 55.2 Å². The van der Waals surface area contributed by atoms with Crippen LogP contribution < -0.4 is 16.4 Å². The molecule has 0 spiro atoms. The number of thiocarbonyl (C=S) groups is 1. The minimum Gasteiger partial charge on any atom is -0.385 e. The molecule has 0 heterocycles. The molecule has 3 nitrogen and oxygen atoms in total. The van der Waals surface area contributed by atoms with Gasteiger partial charge in [0, 0.05) is 17.9 Å². The van der Waals surface area contributed by atoms with E-state index in [-0.39, 0.29) is 0 Å². The zero-order valence-corrected chi connectivity index (χ0v) is 14.2. The summed E-state index contributed by atoms with van der Waals surface area (Å²) in [6.45, 7) is 0.988. The molecule has 2 aromatic rings. The molecule has 122 valence electrons. The van der Waals surface area contributed by atoms with Crippen molar-refractivity contribution in [2.75, 3.05) is 17.2 Å². The fourth-order valence-electron chi connectivity index (χ4n) is 2.53. The van der Waals surface area contributed by atoms with Crippen molar-refractivity contribution >= 4 is 28.7 Å². The van der Waals surface area contributed by atoms with Crippen LogP contribution in [-0.2, 0) is 6.42 Å². The Hall–Kier alpha value is -2.07. The lowest BCUT2D eigenvalue weighted by Gasteiger charge is -2.09. The fraction of sp³-hybridized carbons (Fsp3) is 0.316. The third kappa shape index (κ3) is 7.15. The number of nitrogens with two attached hydrogens (primary N) is 1. The maximum atomic E-state index is 5.48. The molecule has 0 amide bonds. The molecule has 0 atom stereocenters. The Morgan fingerprint density at radius 3 is 2.39 bits per heavy atom. The van der Waals surface area contributed by atoms with Crippen LogP contribution in [0, 0.1) is 0 Å². The number of benzene rings is 2. The predicted octanol–water partition coefficient (Wildman–Crippen LogP) is 4.56. The van der Waals surface area contributed by atoms with Crippen LogP contribution in [0.25, 0.3) is 0 Å². The first kappa shape index (κ1) is 17.3. The molecule has 23 heavy (non-hydrogen) atoms. The Balaban J connectivity index is 1.57. The number of unbranched alkanes of at least 4 members (excludes halogenated alkanes) is 3. The Labute approximate surface area is 144 Å².